The number of nitrogens with zero attached hydrogens (tertiary/aromatic N) is 2. The van der Waals surface area contributed by atoms with Gasteiger partial charge < -0.3 is 21.7 Å². The van der Waals surface area contributed by atoms with Crippen molar-refractivity contribution in [2.45, 2.75) is 20.4 Å². The number of aromatic nitrogens is 1. The van der Waals surface area contributed by atoms with Crippen LogP contribution in [0.3, 0.4) is 0 Å². The number of carbonyl (C=O) groups is 1. The molecule has 2 aromatic rings. The van der Waals surface area contributed by atoms with E-state index in [9.17, 15) is 14.9 Å². The molecule has 0 aliphatic rings. The smallest absolute Gasteiger partial charge is 0.311 e. The molecule has 0 amide bonds. The summed E-state index contributed by atoms with van der Waals surface area (Å²) in [6.07, 6.45) is 1.82. The lowest BCUT2D eigenvalue weighted by Gasteiger charge is -2.05. The van der Waals surface area contributed by atoms with Gasteiger partial charge in [-0.1, -0.05) is 0 Å². The molecule has 0 spiro atoms. The van der Waals surface area contributed by atoms with Crippen LogP contribution < -0.4 is 26.3 Å². The summed E-state index contributed by atoms with van der Waals surface area (Å²) in [7, 11) is 1.36. The number of pyridine rings is 1. The number of hydrogen-bond donors (Lipinski definition) is 0. The maximum Gasteiger partial charge on any atom is 0.311 e. The van der Waals surface area contributed by atoms with Gasteiger partial charge in [0.1, 0.15) is 0 Å². The van der Waals surface area contributed by atoms with Crippen molar-refractivity contribution >= 4 is 11.5 Å². The lowest BCUT2D eigenvalue weighted by Crippen LogP contribution is -3.00. The van der Waals surface area contributed by atoms with Crippen molar-refractivity contribution in [1.29, 1.82) is 0 Å². The zero-order valence-electron chi connectivity index (χ0n) is 13.1. The molecule has 0 aliphatic carbocycles. The molecule has 1 aromatic heterocycles. The van der Waals surface area contributed by atoms with E-state index in [0.717, 1.165) is 11.3 Å². The first kappa shape index (κ1) is 18.8. The van der Waals surface area contributed by atoms with Gasteiger partial charge in [-0.3, -0.25) is 14.9 Å². The number of methoxy groups -OCH3 is 1. The van der Waals surface area contributed by atoms with Crippen molar-refractivity contribution in [3.63, 3.8) is 0 Å². The lowest BCUT2D eigenvalue weighted by molar-refractivity contribution is -0.689. The molecule has 1 aromatic carbocycles. The average Bonchev–Trinajstić information content (AvgIpc) is 2.51. The number of ketones is 1. The van der Waals surface area contributed by atoms with E-state index in [2.05, 4.69) is 0 Å². The highest BCUT2D eigenvalue weighted by Gasteiger charge is 2.21. The van der Waals surface area contributed by atoms with Crippen LogP contribution in [0.1, 0.15) is 21.6 Å². The van der Waals surface area contributed by atoms with Gasteiger partial charge in [0.25, 0.3) is 0 Å². The first-order valence-electron chi connectivity index (χ1n) is 6.75. The fourth-order valence-corrected chi connectivity index (χ4v) is 2.17. The zero-order chi connectivity index (χ0) is 16.3. The molecule has 122 valence electrons. The first-order chi connectivity index (χ1) is 10.4. The van der Waals surface area contributed by atoms with Crippen LogP contribution in [0, 0.1) is 24.0 Å². The molecular weight excluding hydrogens is 364 g/mol. The molecule has 2 rings (SSSR count). The molecule has 7 heteroatoms. The minimum atomic E-state index is -0.555. The van der Waals surface area contributed by atoms with Crippen molar-refractivity contribution in [3.8, 4) is 5.75 Å². The predicted octanol–water partition coefficient (Wildman–Crippen LogP) is -0.605. The lowest BCUT2D eigenvalue weighted by atomic mass is 10.1. The minimum Gasteiger partial charge on any atom is -1.00 e. The Labute approximate surface area is 144 Å². The van der Waals surface area contributed by atoms with E-state index in [4.69, 9.17) is 4.74 Å². The van der Waals surface area contributed by atoms with Crippen molar-refractivity contribution in [3.05, 3.63) is 63.5 Å². The molecule has 0 N–H and O–H groups in total. The van der Waals surface area contributed by atoms with E-state index in [1.54, 1.807) is 6.07 Å². The van der Waals surface area contributed by atoms with Crippen molar-refractivity contribution in [2.24, 2.45) is 0 Å². The average molecular weight is 381 g/mol. The number of nitro groups is 1. The van der Waals surface area contributed by atoms with Crippen LogP contribution in [-0.2, 0) is 6.54 Å². The molecule has 0 saturated carbocycles. The Morgan fingerprint density at radius 1 is 1.30 bits per heavy atom. The second-order valence-corrected chi connectivity index (χ2v) is 4.97. The van der Waals surface area contributed by atoms with Crippen molar-refractivity contribution in [2.75, 3.05) is 7.11 Å². The van der Waals surface area contributed by atoms with Crippen LogP contribution in [0.5, 0.6) is 5.75 Å². The maximum atomic E-state index is 12.4. The van der Waals surface area contributed by atoms with Crippen LogP contribution in [0.2, 0.25) is 0 Å². The van der Waals surface area contributed by atoms with Gasteiger partial charge in [0, 0.05) is 30.2 Å². The standard InChI is InChI=1S/C16H17N2O4.BrH/c1-11-5-4-8-17(12(11)2)10-15(19)13-6-7-16(22-3)14(9-13)18(20)21;/h4-9H,10H2,1-3H3;1H/q+1;/p-1. The molecule has 0 bridgehead atoms. The number of Topliss-reactive ketones (excluding diaryl/α,β-unsaturated/α-hetero) is 1. The number of benzene rings is 1. The second-order valence-electron chi connectivity index (χ2n) is 4.97. The third-order valence-electron chi connectivity index (χ3n) is 3.63. The molecule has 0 unspecified atom stereocenters. The van der Waals surface area contributed by atoms with Crippen LogP contribution in [-0.4, -0.2) is 17.8 Å². The highest BCUT2D eigenvalue weighted by atomic mass is 79.9. The Kier molecular flexibility index (Phi) is 6.38. The van der Waals surface area contributed by atoms with Crippen molar-refractivity contribution in [1.82, 2.24) is 0 Å². The summed E-state index contributed by atoms with van der Waals surface area (Å²) in [6.45, 7) is 4.03. The Morgan fingerprint density at radius 2 is 2.00 bits per heavy atom. The molecule has 6 nitrogen and oxygen atoms in total. The van der Waals surface area contributed by atoms with Gasteiger partial charge in [-0.05, 0) is 25.1 Å². The van der Waals surface area contributed by atoms with Gasteiger partial charge in [0.2, 0.25) is 12.3 Å². The van der Waals surface area contributed by atoms with Gasteiger partial charge in [-0.15, -0.1) is 0 Å². The molecule has 0 atom stereocenters. The molecule has 0 fully saturated rings. The van der Waals surface area contributed by atoms with Gasteiger partial charge in [0.05, 0.1) is 12.0 Å². The third kappa shape index (κ3) is 4.13. The Hall–Kier alpha value is -2.28. The summed E-state index contributed by atoms with van der Waals surface area (Å²) >= 11 is 0. The topological polar surface area (TPSA) is 73.3 Å². The number of rotatable bonds is 5. The SMILES string of the molecule is COc1ccc(C(=O)C[n+]2cccc(C)c2C)cc1[N+](=O)[O-].[Br-]. The summed E-state index contributed by atoms with van der Waals surface area (Å²) in [5, 5.41) is 11.0. The summed E-state index contributed by atoms with van der Waals surface area (Å²) in [4.78, 5) is 22.8. The number of aryl methyl sites for hydroxylation is 1. The van der Waals surface area contributed by atoms with E-state index < -0.39 is 4.92 Å². The number of hydrogen-bond acceptors (Lipinski definition) is 4. The predicted molar refractivity (Wildman–Crippen MR) is 80.1 cm³/mol. The molecule has 0 aliphatic heterocycles. The second kappa shape index (κ2) is 7.82. The molecule has 1 heterocycles. The quantitative estimate of drug-likeness (QED) is 0.300. The van der Waals surface area contributed by atoms with E-state index >= 15 is 0 Å². The van der Waals surface area contributed by atoms with E-state index in [1.807, 2.05) is 36.7 Å². The first-order valence-corrected chi connectivity index (χ1v) is 6.75. The molecule has 23 heavy (non-hydrogen) atoms. The van der Waals surface area contributed by atoms with E-state index in [1.165, 1.54) is 19.2 Å². The maximum absolute atomic E-state index is 12.4. The van der Waals surface area contributed by atoms with Crippen LogP contribution >= 0.6 is 0 Å². The normalized spacial score (nSPS) is 9.87. The minimum absolute atomic E-state index is 0. The van der Waals surface area contributed by atoms with E-state index in [-0.39, 0.29) is 40.7 Å². The molecule has 0 saturated heterocycles. The van der Waals surface area contributed by atoms with Crippen LogP contribution in [0.15, 0.2) is 36.5 Å². The van der Waals surface area contributed by atoms with Gasteiger partial charge >= 0.3 is 5.69 Å². The largest absolute Gasteiger partial charge is 1.00 e. The summed E-state index contributed by atoms with van der Waals surface area (Å²) in [5.74, 6) is -0.0506. The number of ether oxygens (including phenoxy) is 1. The summed E-state index contributed by atoms with van der Waals surface area (Å²) in [6, 6.07) is 8.08. The number of carbonyl (C=O) groups excluding carboxylic acids is 1. The zero-order valence-corrected chi connectivity index (χ0v) is 14.7. The summed E-state index contributed by atoms with van der Waals surface area (Å²) in [5.41, 5.74) is 2.15. The summed E-state index contributed by atoms with van der Waals surface area (Å²) < 4.78 is 6.76. The highest BCUT2D eigenvalue weighted by Crippen LogP contribution is 2.27. The molecular formula is C16H17BrN2O4. The third-order valence-corrected chi connectivity index (χ3v) is 3.63. The van der Waals surface area contributed by atoms with Crippen LogP contribution in [0.4, 0.5) is 5.69 Å². The number of nitro benzene ring substituents is 1. The van der Waals surface area contributed by atoms with E-state index in [0.29, 0.717) is 5.56 Å². The molecule has 0 radical (unpaired) electrons. The Bertz CT molecular complexity index is 747. The Morgan fingerprint density at radius 3 is 2.61 bits per heavy atom. The van der Waals surface area contributed by atoms with Gasteiger partial charge in [0.15, 0.2) is 17.6 Å². The fourth-order valence-electron chi connectivity index (χ4n) is 2.17. The monoisotopic (exact) mass is 380 g/mol. The van der Waals surface area contributed by atoms with Crippen molar-refractivity contribution < 1.29 is 36.0 Å². The van der Waals surface area contributed by atoms with Gasteiger partial charge in [-0.2, -0.15) is 4.57 Å². The highest BCUT2D eigenvalue weighted by molar-refractivity contribution is 5.96. The number of halogens is 1. The van der Waals surface area contributed by atoms with Gasteiger partial charge in [-0.25, -0.2) is 0 Å². The fraction of sp³-hybridized carbons (Fsp3) is 0.250. The Balaban J connectivity index is 0.00000264. The van der Waals surface area contributed by atoms with Crippen LogP contribution in [0.25, 0.3) is 0 Å².